The molecule has 0 amide bonds. The maximum absolute atomic E-state index is 13.4. The Bertz CT molecular complexity index is 1820. The predicted molar refractivity (Wildman–Crippen MR) is 162 cm³/mol. The average molecular weight is 599 g/mol. The molecule has 3 aromatic carbocycles. The molecule has 0 saturated heterocycles. The molecule has 3 heterocycles. The van der Waals surface area contributed by atoms with Gasteiger partial charge in [0.2, 0.25) is 6.79 Å². The topological polar surface area (TPSA) is 126 Å². The van der Waals surface area contributed by atoms with Crippen LogP contribution < -0.4 is 29.2 Å². The van der Waals surface area contributed by atoms with Gasteiger partial charge in [-0.25, -0.2) is 4.68 Å². The van der Waals surface area contributed by atoms with Gasteiger partial charge < -0.3 is 28.7 Å². The van der Waals surface area contributed by atoms with Gasteiger partial charge in [0.15, 0.2) is 28.8 Å². The van der Waals surface area contributed by atoms with Gasteiger partial charge in [0.1, 0.15) is 5.75 Å². The molecule has 2 aromatic heterocycles. The van der Waals surface area contributed by atoms with E-state index in [2.05, 4.69) is 32.3 Å². The number of hydrogen-bond donors (Lipinski definition) is 1. The van der Waals surface area contributed by atoms with E-state index in [1.54, 1.807) is 27.4 Å². The standard InChI is InChI=1S/C32H34N6O6/c1-5-26(31-34-35-36-38(31)17-20-6-9-24(40-2)10-7-20)37(16-21-8-11-27-30(12-21)44-19-43-27)18-23-13-22-14-28(41-3)29(42-4)15-25(22)33-32(23)39/h6-15,26H,5,16-19H2,1-4H3,(H,33,39). The Labute approximate surface area is 254 Å². The van der Waals surface area contributed by atoms with Gasteiger partial charge in [0.05, 0.1) is 39.4 Å². The number of pyridine rings is 1. The molecule has 1 atom stereocenters. The van der Waals surface area contributed by atoms with Crippen LogP contribution in [-0.4, -0.2) is 58.2 Å². The van der Waals surface area contributed by atoms with E-state index in [1.807, 2.05) is 59.3 Å². The van der Waals surface area contributed by atoms with Crippen LogP contribution in [0.1, 0.15) is 41.9 Å². The molecule has 6 rings (SSSR count). The first-order valence-electron chi connectivity index (χ1n) is 14.3. The minimum absolute atomic E-state index is 0.187. The van der Waals surface area contributed by atoms with Crippen LogP contribution in [0.4, 0.5) is 0 Å². The lowest BCUT2D eigenvalue weighted by Crippen LogP contribution is -2.32. The molecule has 0 bridgehead atoms. The molecule has 0 saturated carbocycles. The zero-order chi connectivity index (χ0) is 30.6. The van der Waals surface area contributed by atoms with Gasteiger partial charge in [0, 0.05) is 30.1 Å². The summed E-state index contributed by atoms with van der Waals surface area (Å²) in [5, 5.41) is 13.7. The maximum atomic E-state index is 13.4. The van der Waals surface area contributed by atoms with Crippen LogP contribution in [0.25, 0.3) is 10.9 Å². The van der Waals surface area contributed by atoms with E-state index >= 15 is 0 Å². The SMILES string of the molecule is CCC(c1nnnn1Cc1ccc(OC)cc1)N(Cc1ccc2c(c1)OCO2)Cc1cc2cc(OC)c(OC)cc2[nH]c1=O. The van der Waals surface area contributed by atoms with Crippen LogP contribution in [-0.2, 0) is 19.6 Å². The number of fused-ring (bicyclic) bond motifs is 2. The van der Waals surface area contributed by atoms with Gasteiger partial charge in [-0.1, -0.05) is 25.1 Å². The van der Waals surface area contributed by atoms with E-state index in [1.165, 1.54) is 0 Å². The summed E-state index contributed by atoms with van der Waals surface area (Å²) in [5.74, 6) is 4.02. The fourth-order valence-corrected chi connectivity index (χ4v) is 5.54. The fraction of sp³-hybridized carbons (Fsp3) is 0.312. The van der Waals surface area contributed by atoms with Crippen LogP contribution in [0.3, 0.4) is 0 Å². The summed E-state index contributed by atoms with van der Waals surface area (Å²) in [5.41, 5.74) is 3.11. The summed E-state index contributed by atoms with van der Waals surface area (Å²) >= 11 is 0. The van der Waals surface area contributed by atoms with Crippen molar-refractivity contribution in [2.75, 3.05) is 28.1 Å². The van der Waals surface area contributed by atoms with Gasteiger partial charge in [-0.05, 0) is 64.4 Å². The number of hydrogen-bond acceptors (Lipinski definition) is 10. The predicted octanol–water partition coefficient (Wildman–Crippen LogP) is 4.47. The fourth-order valence-electron chi connectivity index (χ4n) is 5.54. The Morgan fingerprint density at radius 2 is 1.66 bits per heavy atom. The smallest absolute Gasteiger partial charge is 0.252 e. The molecule has 12 nitrogen and oxygen atoms in total. The van der Waals surface area contributed by atoms with E-state index in [9.17, 15) is 4.79 Å². The van der Waals surface area contributed by atoms with E-state index in [0.29, 0.717) is 66.0 Å². The summed E-state index contributed by atoms with van der Waals surface area (Å²) < 4.78 is 29.2. The number of rotatable bonds is 12. The van der Waals surface area contributed by atoms with Crippen molar-refractivity contribution in [3.05, 3.63) is 93.5 Å². The number of tetrazole rings is 1. The normalized spacial score (nSPS) is 12.9. The molecule has 0 spiro atoms. The Kier molecular flexibility index (Phi) is 8.33. The number of nitrogens with one attached hydrogen (secondary N) is 1. The highest BCUT2D eigenvalue weighted by Crippen LogP contribution is 2.35. The lowest BCUT2D eigenvalue weighted by Gasteiger charge is -2.30. The Morgan fingerprint density at radius 3 is 2.41 bits per heavy atom. The third kappa shape index (κ3) is 5.88. The molecule has 0 radical (unpaired) electrons. The van der Waals surface area contributed by atoms with E-state index in [4.69, 9.17) is 23.7 Å². The van der Waals surface area contributed by atoms with E-state index < -0.39 is 0 Å². The van der Waals surface area contributed by atoms with Crippen molar-refractivity contribution in [2.45, 2.75) is 39.0 Å². The van der Waals surface area contributed by atoms with Crippen molar-refractivity contribution in [1.29, 1.82) is 0 Å². The molecule has 1 aliphatic rings. The van der Waals surface area contributed by atoms with Gasteiger partial charge >= 0.3 is 0 Å². The van der Waals surface area contributed by atoms with Crippen molar-refractivity contribution in [1.82, 2.24) is 30.1 Å². The van der Waals surface area contributed by atoms with Crippen LogP contribution in [0, 0.1) is 0 Å². The van der Waals surface area contributed by atoms with E-state index in [0.717, 1.165) is 22.3 Å². The van der Waals surface area contributed by atoms with Crippen molar-refractivity contribution in [3.8, 4) is 28.7 Å². The lowest BCUT2D eigenvalue weighted by molar-refractivity contribution is 0.161. The highest BCUT2D eigenvalue weighted by atomic mass is 16.7. The highest BCUT2D eigenvalue weighted by molar-refractivity contribution is 5.83. The second-order valence-electron chi connectivity index (χ2n) is 10.5. The summed E-state index contributed by atoms with van der Waals surface area (Å²) in [4.78, 5) is 18.7. The van der Waals surface area contributed by atoms with E-state index in [-0.39, 0.29) is 18.4 Å². The first kappa shape index (κ1) is 29.0. The Morgan fingerprint density at radius 1 is 0.909 bits per heavy atom. The Hall–Kier alpha value is -5.10. The number of benzene rings is 3. The van der Waals surface area contributed by atoms with Crippen LogP contribution in [0.5, 0.6) is 28.7 Å². The average Bonchev–Trinajstić information content (AvgIpc) is 3.71. The van der Waals surface area contributed by atoms with Crippen molar-refractivity contribution >= 4 is 10.9 Å². The number of aromatic amines is 1. The number of ether oxygens (including phenoxy) is 5. The molecule has 1 N–H and O–H groups in total. The molecule has 12 heteroatoms. The minimum atomic E-state index is -0.214. The monoisotopic (exact) mass is 598 g/mol. The second-order valence-corrected chi connectivity index (χ2v) is 10.5. The first-order chi connectivity index (χ1) is 21.5. The van der Waals surface area contributed by atoms with Crippen LogP contribution in [0.15, 0.2) is 65.5 Å². The summed E-state index contributed by atoms with van der Waals surface area (Å²) in [6, 6.07) is 19.0. The molecule has 44 heavy (non-hydrogen) atoms. The maximum Gasteiger partial charge on any atom is 0.252 e. The summed E-state index contributed by atoms with van der Waals surface area (Å²) in [6.07, 6.45) is 0.698. The highest BCUT2D eigenvalue weighted by Gasteiger charge is 2.27. The number of H-pyrrole nitrogens is 1. The molecular weight excluding hydrogens is 564 g/mol. The summed E-state index contributed by atoms with van der Waals surface area (Å²) in [6.45, 7) is 3.61. The third-order valence-electron chi connectivity index (χ3n) is 7.80. The molecule has 1 unspecified atom stereocenters. The molecular formula is C32H34N6O6. The van der Waals surface area contributed by atoms with Crippen LogP contribution in [0.2, 0.25) is 0 Å². The quantitative estimate of drug-likeness (QED) is 0.220. The lowest BCUT2D eigenvalue weighted by atomic mass is 10.1. The molecule has 0 fully saturated rings. The molecule has 0 aliphatic carbocycles. The zero-order valence-electron chi connectivity index (χ0n) is 25.1. The van der Waals surface area contributed by atoms with Crippen LogP contribution >= 0.6 is 0 Å². The van der Waals surface area contributed by atoms with Crippen molar-refractivity contribution in [3.63, 3.8) is 0 Å². The Balaban J connectivity index is 1.37. The third-order valence-corrected chi connectivity index (χ3v) is 7.80. The van der Waals surface area contributed by atoms with Gasteiger partial charge in [0.25, 0.3) is 5.56 Å². The van der Waals surface area contributed by atoms with Crippen molar-refractivity contribution < 1.29 is 23.7 Å². The number of aromatic nitrogens is 5. The minimum Gasteiger partial charge on any atom is -0.497 e. The number of nitrogens with zero attached hydrogens (tertiary/aromatic N) is 5. The zero-order valence-corrected chi connectivity index (χ0v) is 25.1. The molecule has 1 aliphatic heterocycles. The van der Waals surface area contributed by atoms with Gasteiger partial charge in [-0.15, -0.1) is 5.10 Å². The molecule has 5 aromatic rings. The molecule has 228 valence electrons. The number of methoxy groups -OCH3 is 3. The van der Waals surface area contributed by atoms with Gasteiger partial charge in [-0.2, -0.15) is 0 Å². The second kappa shape index (κ2) is 12.6. The first-order valence-corrected chi connectivity index (χ1v) is 14.3. The van der Waals surface area contributed by atoms with Crippen molar-refractivity contribution in [2.24, 2.45) is 0 Å². The summed E-state index contributed by atoms with van der Waals surface area (Å²) in [7, 11) is 4.80. The largest absolute Gasteiger partial charge is 0.497 e. The van der Waals surface area contributed by atoms with Gasteiger partial charge in [-0.3, -0.25) is 9.69 Å².